The Labute approximate surface area is 110 Å². The summed E-state index contributed by atoms with van der Waals surface area (Å²) in [5.41, 5.74) is 5.66. The fourth-order valence-corrected chi connectivity index (χ4v) is 1.55. The Kier molecular flexibility index (Phi) is 3.96. The van der Waals surface area contributed by atoms with Crippen molar-refractivity contribution in [2.75, 3.05) is 12.8 Å². The highest BCUT2D eigenvalue weighted by Gasteiger charge is 2.07. The minimum Gasteiger partial charge on any atom is -0.437 e. The highest BCUT2D eigenvalue weighted by atomic mass is 35.5. The number of nitrogens with zero attached hydrogens (tertiary/aromatic N) is 2. The van der Waals surface area contributed by atoms with Crippen molar-refractivity contribution in [3.05, 3.63) is 41.2 Å². The van der Waals surface area contributed by atoms with Gasteiger partial charge in [0.15, 0.2) is 5.82 Å². The van der Waals surface area contributed by atoms with E-state index in [0.29, 0.717) is 28.3 Å². The maximum atomic E-state index is 5.99. The second kappa shape index (κ2) is 5.66. The van der Waals surface area contributed by atoms with E-state index in [1.807, 2.05) is 12.1 Å². The number of nitrogens with two attached hydrogens (primary N) is 1. The minimum absolute atomic E-state index is 0.268. The Morgan fingerprint density at radius 2 is 2.06 bits per heavy atom. The van der Waals surface area contributed by atoms with Crippen molar-refractivity contribution >= 4 is 17.4 Å². The third-order valence-corrected chi connectivity index (χ3v) is 2.41. The average molecular weight is 266 g/mol. The molecule has 0 fully saturated rings. The van der Waals surface area contributed by atoms with Gasteiger partial charge in [-0.15, -0.1) is 0 Å². The molecule has 5 nitrogen and oxygen atoms in total. The molecule has 0 aliphatic heterocycles. The van der Waals surface area contributed by atoms with Crippen molar-refractivity contribution < 1.29 is 9.47 Å². The quantitative estimate of drug-likeness (QED) is 0.920. The van der Waals surface area contributed by atoms with Crippen LogP contribution < -0.4 is 10.5 Å². The van der Waals surface area contributed by atoms with Crippen molar-refractivity contribution in [1.82, 2.24) is 9.97 Å². The summed E-state index contributed by atoms with van der Waals surface area (Å²) in [6, 6.07) is 8.65. The molecule has 2 rings (SSSR count). The zero-order chi connectivity index (χ0) is 13.0. The predicted octanol–water partition coefficient (Wildman–Crippen LogP) is 2.65. The van der Waals surface area contributed by atoms with Gasteiger partial charge in [0.1, 0.15) is 18.2 Å². The topological polar surface area (TPSA) is 70.3 Å². The molecule has 0 bridgehead atoms. The Morgan fingerprint density at radius 1 is 1.28 bits per heavy atom. The lowest BCUT2D eigenvalue weighted by molar-refractivity contribution is 0.177. The van der Waals surface area contributed by atoms with Crippen LogP contribution in [-0.4, -0.2) is 17.1 Å². The smallest absolute Gasteiger partial charge is 0.224 e. The molecule has 1 heterocycles. The van der Waals surface area contributed by atoms with Gasteiger partial charge in [-0.3, -0.25) is 0 Å². The van der Waals surface area contributed by atoms with Crippen molar-refractivity contribution in [2.45, 2.75) is 6.61 Å². The van der Waals surface area contributed by atoms with Gasteiger partial charge in [0.05, 0.1) is 5.02 Å². The zero-order valence-corrected chi connectivity index (χ0v) is 10.5. The summed E-state index contributed by atoms with van der Waals surface area (Å²) < 4.78 is 10.5. The van der Waals surface area contributed by atoms with Gasteiger partial charge in [0, 0.05) is 13.2 Å². The lowest BCUT2D eigenvalue weighted by atomic mass is 10.3. The minimum atomic E-state index is 0.268. The van der Waals surface area contributed by atoms with Gasteiger partial charge in [-0.2, -0.15) is 4.98 Å². The second-order valence-corrected chi connectivity index (χ2v) is 3.92. The van der Waals surface area contributed by atoms with E-state index in [9.17, 15) is 0 Å². The Morgan fingerprint density at radius 3 is 2.78 bits per heavy atom. The molecular formula is C12H12ClN3O2. The SMILES string of the molecule is COCc1nc(N)cc(Oc2ccccc2Cl)n1. The Bertz CT molecular complexity index is 549. The number of benzene rings is 1. The number of nitrogen functional groups attached to an aromatic ring is 1. The van der Waals surface area contributed by atoms with Crippen LogP contribution in [0.1, 0.15) is 5.82 Å². The Balaban J connectivity index is 2.26. The highest BCUT2D eigenvalue weighted by molar-refractivity contribution is 6.32. The van der Waals surface area contributed by atoms with Crippen LogP contribution in [0.4, 0.5) is 5.82 Å². The molecule has 2 N–H and O–H groups in total. The van der Waals surface area contributed by atoms with Crippen molar-refractivity contribution in [1.29, 1.82) is 0 Å². The standard InChI is InChI=1S/C12H12ClN3O2/c1-17-7-11-15-10(14)6-12(16-11)18-9-5-3-2-4-8(9)13/h2-6H,7H2,1H3,(H2,14,15,16). The summed E-state index contributed by atoms with van der Waals surface area (Å²) in [6.45, 7) is 0.268. The van der Waals surface area contributed by atoms with E-state index in [2.05, 4.69) is 9.97 Å². The van der Waals surface area contributed by atoms with Gasteiger partial charge in [0.25, 0.3) is 0 Å². The first kappa shape index (κ1) is 12.6. The van der Waals surface area contributed by atoms with Gasteiger partial charge in [0.2, 0.25) is 5.88 Å². The summed E-state index contributed by atoms with van der Waals surface area (Å²) in [5, 5.41) is 0.503. The Hall–Kier alpha value is -1.85. The van der Waals surface area contributed by atoms with Crippen molar-refractivity contribution in [2.24, 2.45) is 0 Å². The third kappa shape index (κ3) is 3.09. The molecule has 0 aliphatic carbocycles. The summed E-state index contributed by atoms with van der Waals surface area (Å²) in [5.74, 6) is 1.63. The fourth-order valence-electron chi connectivity index (χ4n) is 1.38. The van der Waals surface area contributed by atoms with E-state index in [4.69, 9.17) is 26.8 Å². The molecule has 94 valence electrons. The molecule has 0 aliphatic rings. The third-order valence-electron chi connectivity index (χ3n) is 2.09. The highest BCUT2D eigenvalue weighted by Crippen LogP contribution is 2.28. The van der Waals surface area contributed by atoms with Crippen molar-refractivity contribution in [3.63, 3.8) is 0 Å². The van der Waals surface area contributed by atoms with E-state index < -0.39 is 0 Å². The first-order valence-corrected chi connectivity index (χ1v) is 5.61. The molecule has 0 saturated carbocycles. The van der Waals surface area contributed by atoms with E-state index in [1.54, 1.807) is 19.2 Å². The van der Waals surface area contributed by atoms with Crippen LogP contribution in [0, 0.1) is 0 Å². The average Bonchev–Trinajstić information content (AvgIpc) is 2.32. The first-order valence-electron chi connectivity index (χ1n) is 5.24. The number of methoxy groups -OCH3 is 1. The molecule has 6 heteroatoms. The van der Waals surface area contributed by atoms with E-state index in [1.165, 1.54) is 6.07 Å². The van der Waals surface area contributed by atoms with Crippen LogP contribution in [-0.2, 0) is 11.3 Å². The predicted molar refractivity (Wildman–Crippen MR) is 68.7 cm³/mol. The van der Waals surface area contributed by atoms with Gasteiger partial charge >= 0.3 is 0 Å². The number of rotatable bonds is 4. The number of hydrogen-bond acceptors (Lipinski definition) is 5. The van der Waals surface area contributed by atoms with Crippen molar-refractivity contribution in [3.8, 4) is 11.6 Å². The maximum Gasteiger partial charge on any atom is 0.224 e. The first-order chi connectivity index (χ1) is 8.69. The number of para-hydroxylation sites is 1. The molecular weight excluding hydrogens is 254 g/mol. The number of ether oxygens (including phenoxy) is 2. The molecule has 1 aromatic carbocycles. The zero-order valence-electron chi connectivity index (χ0n) is 9.76. The molecule has 0 radical (unpaired) electrons. The number of aromatic nitrogens is 2. The summed E-state index contributed by atoms with van der Waals surface area (Å²) >= 11 is 5.99. The molecule has 2 aromatic rings. The van der Waals surface area contributed by atoms with E-state index in [-0.39, 0.29) is 6.61 Å². The van der Waals surface area contributed by atoms with Crippen LogP contribution in [0.25, 0.3) is 0 Å². The normalized spacial score (nSPS) is 10.3. The summed E-state index contributed by atoms with van der Waals surface area (Å²) in [4.78, 5) is 8.18. The molecule has 1 aromatic heterocycles. The molecule has 18 heavy (non-hydrogen) atoms. The molecule has 0 amide bonds. The van der Waals surface area contributed by atoms with E-state index >= 15 is 0 Å². The number of anilines is 1. The summed E-state index contributed by atoms with van der Waals surface area (Å²) in [7, 11) is 1.56. The molecule has 0 unspecified atom stereocenters. The van der Waals surface area contributed by atoms with Gasteiger partial charge in [-0.25, -0.2) is 4.98 Å². The fraction of sp³-hybridized carbons (Fsp3) is 0.167. The van der Waals surface area contributed by atoms with Crippen LogP contribution in [0.3, 0.4) is 0 Å². The largest absolute Gasteiger partial charge is 0.437 e. The van der Waals surface area contributed by atoms with Crippen LogP contribution >= 0.6 is 11.6 Å². The maximum absolute atomic E-state index is 5.99. The van der Waals surface area contributed by atoms with E-state index in [0.717, 1.165) is 0 Å². The van der Waals surface area contributed by atoms with Gasteiger partial charge < -0.3 is 15.2 Å². The molecule has 0 spiro atoms. The lowest BCUT2D eigenvalue weighted by Crippen LogP contribution is -2.02. The monoisotopic (exact) mass is 265 g/mol. The number of halogens is 1. The number of hydrogen-bond donors (Lipinski definition) is 1. The molecule has 0 atom stereocenters. The van der Waals surface area contributed by atoms with Gasteiger partial charge in [-0.1, -0.05) is 23.7 Å². The summed E-state index contributed by atoms with van der Waals surface area (Å²) in [6.07, 6.45) is 0. The van der Waals surface area contributed by atoms with Crippen LogP contribution in [0.2, 0.25) is 5.02 Å². The second-order valence-electron chi connectivity index (χ2n) is 3.51. The van der Waals surface area contributed by atoms with Crippen LogP contribution in [0.15, 0.2) is 30.3 Å². The van der Waals surface area contributed by atoms with Crippen LogP contribution in [0.5, 0.6) is 11.6 Å². The molecule has 0 saturated heterocycles. The van der Waals surface area contributed by atoms with Gasteiger partial charge in [-0.05, 0) is 12.1 Å². The lowest BCUT2D eigenvalue weighted by Gasteiger charge is -2.08.